The van der Waals surface area contributed by atoms with Gasteiger partial charge in [-0.3, -0.25) is 19.3 Å². The van der Waals surface area contributed by atoms with E-state index in [1.165, 1.54) is 5.56 Å². The summed E-state index contributed by atoms with van der Waals surface area (Å²) in [6.07, 6.45) is 0. The zero-order valence-corrected chi connectivity index (χ0v) is 20.0. The van der Waals surface area contributed by atoms with Gasteiger partial charge >= 0.3 is 0 Å². The predicted molar refractivity (Wildman–Crippen MR) is 138 cm³/mol. The third kappa shape index (κ3) is 4.81. The van der Waals surface area contributed by atoms with E-state index in [1.54, 1.807) is 18.2 Å². The molecule has 10 nitrogen and oxygen atoms in total. The Kier molecular flexibility index (Phi) is 6.45. The van der Waals surface area contributed by atoms with Crippen LogP contribution in [0.4, 0.5) is 0 Å². The Morgan fingerprint density at radius 1 is 1.00 bits per heavy atom. The van der Waals surface area contributed by atoms with Crippen LogP contribution in [-0.2, 0) is 17.9 Å². The molecule has 1 amide bonds. The van der Waals surface area contributed by atoms with Crippen LogP contribution in [-0.4, -0.2) is 69.3 Å². The van der Waals surface area contributed by atoms with Crippen LogP contribution in [0.25, 0.3) is 27.5 Å². The van der Waals surface area contributed by atoms with Gasteiger partial charge in [-0.15, -0.1) is 0 Å². The Morgan fingerprint density at radius 2 is 1.69 bits per heavy atom. The highest BCUT2D eigenvalue weighted by Crippen LogP contribution is 2.18. The third-order valence-electron chi connectivity index (χ3n) is 6.59. The number of hydrogen-bond acceptors (Lipinski definition) is 7. The van der Waals surface area contributed by atoms with Crippen molar-refractivity contribution >= 4 is 33.4 Å². The van der Waals surface area contributed by atoms with Crippen molar-refractivity contribution < 1.29 is 4.79 Å². The van der Waals surface area contributed by atoms with E-state index in [2.05, 4.69) is 61.3 Å². The quantitative estimate of drug-likeness (QED) is 0.351. The number of carbonyl (C=O) groups is 1. The number of benzene rings is 2. The molecule has 0 spiro atoms. The summed E-state index contributed by atoms with van der Waals surface area (Å²) in [6, 6.07) is 13.0. The summed E-state index contributed by atoms with van der Waals surface area (Å²) in [5.41, 5.74) is 2.17. The predicted octanol–water partition coefficient (Wildman–Crippen LogP) is 1.24. The molecule has 184 valence electrons. The molecule has 2 aromatic carbocycles. The SMILES string of the molecule is C=C(C(=O)NCc1ccc(CN2CCN(C)CC2)cc1)c1ccc2c(=O)c3n[nH]nc3c(=O)[nH]c2c1. The van der Waals surface area contributed by atoms with Crippen LogP contribution in [0.1, 0.15) is 16.7 Å². The van der Waals surface area contributed by atoms with E-state index >= 15 is 0 Å². The topological polar surface area (TPSA) is 127 Å². The van der Waals surface area contributed by atoms with Crippen LogP contribution in [0.15, 0.2) is 58.6 Å². The lowest BCUT2D eigenvalue weighted by Crippen LogP contribution is -2.43. The molecule has 0 unspecified atom stereocenters. The molecule has 1 aliphatic rings. The Morgan fingerprint density at radius 3 is 2.44 bits per heavy atom. The second-order valence-electron chi connectivity index (χ2n) is 9.12. The summed E-state index contributed by atoms with van der Waals surface area (Å²) in [5.74, 6) is -0.336. The summed E-state index contributed by atoms with van der Waals surface area (Å²) in [7, 11) is 2.15. The number of nitrogens with one attached hydrogen (secondary N) is 3. The number of rotatable bonds is 6. The fourth-order valence-corrected chi connectivity index (χ4v) is 4.34. The molecule has 3 heterocycles. The van der Waals surface area contributed by atoms with Crippen molar-refractivity contribution in [1.82, 2.24) is 35.5 Å². The second kappa shape index (κ2) is 9.84. The summed E-state index contributed by atoms with van der Waals surface area (Å²) >= 11 is 0. The minimum atomic E-state index is -0.547. The van der Waals surface area contributed by atoms with Gasteiger partial charge in [-0.05, 0) is 35.9 Å². The van der Waals surface area contributed by atoms with Crippen molar-refractivity contribution in [2.45, 2.75) is 13.1 Å². The van der Waals surface area contributed by atoms with Gasteiger partial charge in [0.05, 0.1) is 5.52 Å². The van der Waals surface area contributed by atoms with Crippen LogP contribution in [0.3, 0.4) is 0 Å². The number of likely N-dealkylation sites (N-methyl/N-ethyl adjacent to an activating group) is 1. The largest absolute Gasteiger partial charge is 0.348 e. The van der Waals surface area contributed by atoms with Crippen molar-refractivity contribution in [3.63, 3.8) is 0 Å². The first-order chi connectivity index (χ1) is 17.4. The minimum absolute atomic E-state index is 0.0369. The van der Waals surface area contributed by atoms with Gasteiger partial charge in [0, 0.05) is 50.2 Å². The normalized spacial score (nSPS) is 14.8. The molecule has 1 aliphatic heterocycles. The van der Waals surface area contributed by atoms with Crippen LogP contribution in [0.5, 0.6) is 0 Å². The number of aromatic amines is 2. The van der Waals surface area contributed by atoms with E-state index in [0.717, 1.165) is 38.3 Å². The number of H-pyrrole nitrogens is 2. The lowest BCUT2D eigenvalue weighted by molar-refractivity contribution is -0.115. The Labute approximate surface area is 206 Å². The van der Waals surface area contributed by atoms with Gasteiger partial charge in [0.2, 0.25) is 5.43 Å². The zero-order chi connectivity index (χ0) is 25.2. The number of amides is 1. The number of nitrogens with zero attached hydrogens (tertiary/aromatic N) is 4. The van der Waals surface area contributed by atoms with Crippen LogP contribution < -0.4 is 16.3 Å². The second-order valence-corrected chi connectivity index (χ2v) is 9.12. The van der Waals surface area contributed by atoms with E-state index in [-0.39, 0.29) is 33.4 Å². The van der Waals surface area contributed by atoms with Gasteiger partial charge in [0.1, 0.15) is 0 Å². The average molecular weight is 486 g/mol. The van der Waals surface area contributed by atoms with Crippen molar-refractivity contribution in [2.75, 3.05) is 33.2 Å². The summed E-state index contributed by atoms with van der Waals surface area (Å²) in [5, 5.41) is 13.0. The Bertz CT molecular complexity index is 1570. The van der Waals surface area contributed by atoms with Crippen LogP contribution in [0, 0.1) is 0 Å². The first kappa shape index (κ1) is 23.6. The highest BCUT2D eigenvalue weighted by molar-refractivity contribution is 6.19. The van der Waals surface area contributed by atoms with E-state index in [9.17, 15) is 14.4 Å². The number of hydrogen-bond donors (Lipinski definition) is 3. The maximum absolute atomic E-state index is 12.8. The molecule has 0 aliphatic carbocycles. The fraction of sp³-hybridized carbons (Fsp3) is 0.269. The average Bonchev–Trinajstić information content (AvgIpc) is 3.36. The Hall–Kier alpha value is -4.15. The molecule has 0 saturated carbocycles. The van der Waals surface area contributed by atoms with E-state index in [0.29, 0.717) is 12.1 Å². The lowest BCUT2D eigenvalue weighted by atomic mass is 10.0. The maximum Gasteiger partial charge on any atom is 0.278 e. The lowest BCUT2D eigenvalue weighted by Gasteiger charge is -2.32. The maximum atomic E-state index is 12.8. The summed E-state index contributed by atoms with van der Waals surface area (Å²) in [4.78, 5) is 45.4. The van der Waals surface area contributed by atoms with Crippen LogP contribution in [0.2, 0.25) is 0 Å². The molecular weight excluding hydrogens is 458 g/mol. The van der Waals surface area contributed by atoms with Crippen molar-refractivity contribution in [1.29, 1.82) is 0 Å². The number of carbonyl (C=O) groups excluding carboxylic acids is 1. The first-order valence-electron chi connectivity index (χ1n) is 11.8. The smallest absolute Gasteiger partial charge is 0.278 e. The zero-order valence-electron chi connectivity index (χ0n) is 20.0. The molecule has 36 heavy (non-hydrogen) atoms. The van der Waals surface area contributed by atoms with E-state index in [1.807, 2.05) is 12.1 Å². The monoisotopic (exact) mass is 485 g/mol. The van der Waals surface area contributed by atoms with E-state index < -0.39 is 11.0 Å². The van der Waals surface area contributed by atoms with Gasteiger partial charge in [0.25, 0.3) is 11.5 Å². The third-order valence-corrected chi connectivity index (χ3v) is 6.59. The van der Waals surface area contributed by atoms with Crippen molar-refractivity contribution in [3.8, 4) is 0 Å². The number of aromatic nitrogens is 4. The molecule has 0 bridgehead atoms. The number of fused-ring (bicyclic) bond motifs is 2. The molecule has 5 rings (SSSR count). The van der Waals surface area contributed by atoms with Crippen molar-refractivity contribution in [3.05, 3.63) is 86.3 Å². The van der Waals surface area contributed by atoms with Gasteiger partial charge in [-0.2, -0.15) is 15.4 Å². The molecule has 3 N–H and O–H groups in total. The molecule has 1 saturated heterocycles. The Balaban J connectivity index is 1.25. The molecule has 4 aromatic rings. The van der Waals surface area contributed by atoms with Gasteiger partial charge in [-0.1, -0.05) is 36.9 Å². The number of piperazine rings is 1. The molecule has 0 atom stereocenters. The van der Waals surface area contributed by atoms with Gasteiger partial charge in [-0.25, -0.2) is 0 Å². The molecular formula is C26H27N7O3. The van der Waals surface area contributed by atoms with Crippen LogP contribution >= 0.6 is 0 Å². The molecule has 0 radical (unpaired) electrons. The highest BCUT2D eigenvalue weighted by atomic mass is 16.2. The van der Waals surface area contributed by atoms with Crippen molar-refractivity contribution in [2.24, 2.45) is 0 Å². The fourth-order valence-electron chi connectivity index (χ4n) is 4.34. The highest BCUT2D eigenvalue weighted by Gasteiger charge is 2.15. The standard InChI is InChI=1S/C26H27N7O3/c1-16(19-7-8-20-21(13-19)28-26(36)23-22(24(20)34)29-31-30-23)25(35)27-14-17-3-5-18(6-4-17)15-33-11-9-32(2)10-12-33/h3-8,13H,1,9-12,14-15H2,2H3,(H,27,35)(H,28,36)(H,29,30,31). The van der Waals surface area contributed by atoms with Gasteiger partial charge < -0.3 is 15.2 Å². The summed E-state index contributed by atoms with van der Waals surface area (Å²) < 4.78 is 0. The first-order valence-corrected chi connectivity index (χ1v) is 11.8. The molecule has 1 fully saturated rings. The van der Waals surface area contributed by atoms with Gasteiger partial charge in [0.15, 0.2) is 11.0 Å². The molecule has 10 heteroatoms. The van der Waals surface area contributed by atoms with E-state index in [4.69, 9.17) is 0 Å². The summed E-state index contributed by atoms with van der Waals surface area (Å²) in [6.45, 7) is 9.50. The minimum Gasteiger partial charge on any atom is -0.348 e. The molecule has 2 aromatic heterocycles.